The maximum absolute atomic E-state index is 8.51. The zero-order chi connectivity index (χ0) is 12.5. The monoisotopic (exact) mass is 263 g/mol. The third-order valence-electron chi connectivity index (χ3n) is 2.34. The molecule has 3 N–H and O–H groups in total. The predicted molar refractivity (Wildman–Crippen MR) is 64.7 cm³/mol. The lowest BCUT2D eigenvalue weighted by Gasteiger charge is -1.95. The van der Waals surface area contributed by atoms with Gasteiger partial charge in [0.25, 0.3) is 0 Å². The number of imidazole rings is 1. The van der Waals surface area contributed by atoms with Crippen LogP contribution in [0.15, 0.2) is 29.3 Å². The van der Waals surface area contributed by atoms with Crippen LogP contribution in [-0.2, 0) is 6.54 Å². The van der Waals surface area contributed by atoms with Crippen molar-refractivity contribution in [2.75, 3.05) is 0 Å². The molecule has 0 amide bonds. The van der Waals surface area contributed by atoms with Crippen LogP contribution in [0, 0.1) is 0 Å². The average molecular weight is 263 g/mol. The molecular weight excluding hydrogens is 254 g/mol. The van der Waals surface area contributed by atoms with Crippen molar-refractivity contribution in [2.24, 2.45) is 10.9 Å². The van der Waals surface area contributed by atoms with Gasteiger partial charge in [0.1, 0.15) is 6.33 Å². The van der Waals surface area contributed by atoms with Gasteiger partial charge in [0.15, 0.2) is 4.96 Å². The van der Waals surface area contributed by atoms with Crippen LogP contribution in [-0.4, -0.2) is 35.2 Å². The van der Waals surface area contributed by atoms with Crippen molar-refractivity contribution >= 4 is 22.1 Å². The second-order valence-corrected chi connectivity index (χ2v) is 4.45. The summed E-state index contributed by atoms with van der Waals surface area (Å²) < 4.78 is 3.53. The second kappa shape index (κ2) is 4.11. The van der Waals surface area contributed by atoms with E-state index in [1.165, 1.54) is 6.33 Å². The van der Waals surface area contributed by atoms with Gasteiger partial charge in [-0.2, -0.15) is 0 Å². The molecule has 0 aromatic carbocycles. The fraction of sp³-hybridized carbons (Fsp3) is 0.111. The van der Waals surface area contributed by atoms with Crippen LogP contribution in [0.2, 0.25) is 0 Å². The highest BCUT2D eigenvalue weighted by atomic mass is 32.1. The zero-order valence-electron chi connectivity index (χ0n) is 9.13. The first-order valence-electron chi connectivity index (χ1n) is 5.04. The number of nitrogens with two attached hydrogens (primary N) is 1. The molecule has 3 rings (SSSR count). The summed E-state index contributed by atoms with van der Waals surface area (Å²) >= 11 is 1.57. The third-order valence-corrected chi connectivity index (χ3v) is 3.11. The second-order valence-electron chi connectivity index (χ2n) is 3.58. The van der Waals surface area contributed by atoms with E-state index in [-0.39, 0.29) is 11.7 Å². The van der Waals surface area contributed by atoms with Gasteiger partial charge in [-0.05, 0) is 0 Å². The Bertz CT molecular complexity index is 681. The summed E-state index contributed by atoms with van der Waals surface area (Å²) in [6, 6.07) is 0. The molecule has 0 aliphatic carbocycles. The van der Waals surface area contributed by atoms with Crippen LogP contribution in [0.25, 0.3) is 4.96 Å². The van der Waals surface area contributed by atoms with Crippen molar-refractivity contribution in [3.63, 3.8) is 0 Å². The van der Waals surface area contributed by atoms with Crippen molar-refractivity contribution in [3.8, 4) is 0 Å². The van der Waals surface area contributed by atoms with Gasteiger partial charge in [-0.1, -0.05) is 5.16 Å². The number of amidine groups is 1. The molecule has 92 valence electrons. The summed E-state index contributed by atoms with van der Waals surface area (Å²) in [4.78, 5) is 9.29. The van der Waals surface area contributed by atoms with Crippen molar-refractivity contribution in [1.82, 2.24) is 24.1 Å². The summed E-state index contributed by atoms with van der Waals surface area (Å²) in [5.74, 6) is 0.0816. The van der Waals surface area contributed by atoms with E-state index in [9.17, 15) is 0 Å². The topological polar surface area (TPSA) is 107 Å². The number of aromatic nitrogens is 5. The van der Waals surface area contributed by atoms with Crippen LogP contribution in [0.3, 0.4) is 0 Å². The minimum atomic E-state index is -0.112. The van der Waals surface area contributed by atoms with Crippen LogP contribution in [0.5, 0.6) is 0 Å². The SMILES string of the molecule is N/C(=N/O)c1ncn(Cc2cn3ccsc3n2)n1. The van der Waals surface area contributed by atoms with Gasteiger partial charge >= 0.3 is 0 Å². The average Bonchev–Trinajstić information content (AvgIpc) is 3.03. The fourth-order valence-corrected chi connectivity index (χ4v) is 2.27. The molecule has 3 aromatic heterocycles. The standard InChI is InChI=1S/C9H9N7OS/c10-7(14-17)8-11-5-16(13-8)4-6-3-15-1-2-18-9(15)12-6/h1-3,5,17H,4H2,(H2,10,14). The molecule has 0 saturated carbocycles. The van der Waals surface area contributed by atoms with E-state index in [1.807, 2.05) is 22.2 Å². The molecule has 0 saturated heterocycles. The molecule has 18 heavy (non-hydrogen) atoms. The largest absolute Gasteiger partial charge is 0.409 e. The molecular formula is C9H9N7OS. The molecule has 9 heteroatoms. The van der Waals surface area contributed by atoms with E-state index >= 15 is 0 Å². The van der Waals surface area contributed by atoms with Gasteiger partial charge < -0.3 is 10.9 Å². The van der Waals surface area contributed by atoms with Gasteiger partial charge in [-0.3, -0.25) is 4.40 Å². The maximum Gasteiger partial charge on any atom is 0.219 e. The minimum absolute atomic E-state index is 0.112. The molecule has 0 radical (unpaired) electrons. The first-order valence-corrected chi connectivity index (χ1v) is 5.92. The maximum atomic E-state index is 8.51. The van der Waals surface area contributed by atoms with E-state index in [4.69, 9.17) is 10.9 Å². The summed E-state index contributed by atoms with van der Waals surface area (Å²) in [6.45, 7) is 0.486. The Morgan fingerprint density at radius 1 is 1.56 bits per heavy atom. The van der Waals surface area contributed by atoms with E-state index in [0.717, 1.165) is 10.7 Å². The van der Waals surface area contributed by atoms with Crippen LogP contribution < -0.4 is 5.73 Å². The molecule has 0 spiro atoms. The first-order chi connectivity index (χ1) is 8.76. The van der Waals surface area contributed by atoms with Crippen LogP contribution in [0.4, 0.5) is 0 Å². The van der Waals surface area contributed by atoms with Crippen LogP contribution in [0.1, 0.15) is 11.5 Å². The lowest BCUT2D eigenvalue weighted by molar-refractivity contribution is 0.318. The van der Waals surface area contributed by atoms with E-state index in [1.54, 1.807) is 16.0 Å². The Balaban J connectivity index is 1.84. The van der Waals surface area contributed by atoms with Crippen LogP contribution >= 0.6 is 11.3 Å². The van der Waals surface area contributed by atoms with Crippen molar-refractivity contribution in [2.45, 2.75) is 6.54 Å². The molecule has 0 aliphatic rings. The quantitative estimate of drug-likeness (QED) is 0.302. The summed E-state index contributed by atoms with van der Waals surface area (Å²) in [5.41, 5.74) is 6.26. The number of thiazole rings is 1. The summed E-state index contributed by atoms with van der Waals surface area (Å²) in [6.07, 6.45) is 5.39. The van der Waals surface area contributed by atoms with Crippen molar-refractivity contribution < 1.29 is 5.21 Å². The summed E-state index contributed by atoms with van der Waals surface area (Å²) in [5, 5.41) is 17.4. The zero-order valence-corrected chi connectivity index (χ0v) is 9.95. The Labute approximate surface area is 105 Å². The molecule has 0 atom stereocenters. The molecule has 0 fully saturated rings. The first kappa shape index (κ1) is 10.7. The highest BCUT2D eigenvalue weighted by Gasteiger charge is 2.08. The molecule has 0 unspecified atom stereocenters. The Morgan fingerprint density at radius 3 is 3.22 bits per heavy atom. The van der Waals surface area contributed by atoms with Gasteiger partial charge in [-0.25, -0.2) is 14.6 Å². The highest BCUT2D eigenvalue weighted by Crippen LogP contribution is 2.11. The van der Waals surface area contributed by atoms with E-state index in [0.29, 0.717) is 6.54 Å². The summed E-state index contributed by atoms with van der Waals surface area (Å²) in [7, 11) is 0. The number of fused-ring (bicyclic) bond motifs is 1. The highest BCUT2D eigenvalue weighted by molar-refractivity contribution is 7.15. The normalized spacial score (nSPS) is 12.3. The smallest absolute Gasteiger partial charge is 0.219 e. The molecule has 0 bridgehead atoms. The number of hydrogen-bond donors (Lipinski definition) is 2. The Morgan fingerprint density at radius 2 is 2.44 bits per heavy atom. The molecule has 3 heterocycles. The van der Waals surface area contributed by atoms with Gasteiger partial charge in [0.05, 0.1) is 12.2 Å². The predicted octanol–water partition coefficient (Wildman–Crippen LogP) is 0.130. The lowest BCUT2D eigenvalue weighted by atomic mass is 10.5. The number of hydrogen-bond acceptors (Lipinski definition) is 6. The molecule has 8 nitrogen and oxygen atoms in total. The number of rotatable bonds is 3. The number of nitrogens with zero attached hydrogens (tertiary/aromatic N) is 6. The van der Waals surface area contributed by atoms with Gasteiger partial charge in [-0.15, -0.1) is 16.4 Å². The molecule has 3 aromatic rings. The minimum Gasteiger partial charge on any atom is -0.409 e. The van der Waals surface area contributed by atoms with Crippen molar-refractivity contribution in [1.29, 1.82) is 0 Å². The van der Waals surface area contributed by atoms with Gasteiger partial charge in [0.2, 0.25) is 11.7 Å². The fourth-order valence-electron chi connectivity index (χ4n) is 1.55. The van der Waals surface area contributed by atoms with Crippen molar-refractivity contribution in [3.05, 3.63) is 35.6 Å². The lowest BCUT2D eigenvalue weighted by Crippen LogP contribution is -2.15. The third kappa shape index (κ3) is 1.80. The Hall–Kier alpha value is -2.42. The van der Waals surface area contributed by atoms with E-state index in [2.05, 4.69) is 20.2 Å². The number of oxime groups is 1. The van der Waals surface area contributed by atoms with Gasteiger partial charge in [0, 0.05) is 17.8 Å². The Kier molecular flexibility index (Phi) is 2.45. The van der Waals surface area contributed by atoms with E-state index < -0.39 is 0 Å². The molecule has 0 aliphatic heterocycles.